The lowest BCUT2D eigenvalue weighted by molar-refractivity contribution is -0.152. The molecular formula is C20H35N. The summed E-state index contributed by atoms with van der Waals surface area (Å²) < 4.78 is 0. The molecule has 0 aliphatic heterocycles. The third-order valence-corrected chi connectivity index (χ3v) is 6.44. The van der Waals surface area contributed by atoms with E-state index in [9.17, 15) is 0 Å². The minimum Gasteiger partial charge on any atom is -0.310 e. The fraction of sp³-hybridized carbons (Fsp3) is 0.900. The Kier molecular flexibility index (Phi) is 3.80. The van der Waals surface area contributed by atoms with E-state index in [1.807, 2.05) is 0 Å². The van der Waals surface area contributed by atoms with E-state index in [1.165, 1.54) is 50.5 Å². The molecule has 4 saturated carbocycles. The van der Waals surface area contributed by atoms with E-state index >= 15 is 0 Å². The van der Waals surface area contributed by atoms with Crippen molar-refractivity contribution in [2.24, 2.45) is 22.2 Å². The molecule has 0 amide bonds. The van der Waals surface area contributed by atoms with Crippen molar-refractivity contribution in [1.82, 2.24) is 5.32 Å². The summed E-state index contributed by atoms with van der Waals surface area (Å²) in [5.74, 6) is 0.993. The number of rotatable bonds is 5. The van der Waals surface area contributed by atoms with Crippen molar-refractivity contribution in [3.05, 3.63) is 11.6 Å². The fourth-order valence-corrected chi connectivity index (χ4v) is 6.97. The number of hydrogen-bond donors (Lipinski definition) is 1. The van der Waals surface area contributed by atoms with Crippen LogP contribution in [0, 0.1) is 22.2 Å². The van der Waals surface area contributed by atoms with Crippen LogP contribution in [-0.4, -0.2) is 12.6 Å². The van der Waals surface area contributed by atoms with Crippen LogP contribution in [0.1, 0.15) is 79.6 Å². The molecule has 0 aromatic rings. The number of nitrogens with one attached hydrogen (secondary N) is 1. The van der Waals surface area contributed by atoms with E-state index in [2.05, 4.69) is 46.0 Å². The first kappa shape index (κ1) is 15.6. The molecule has 4 rings (SSSR count). The van der Waals surface area contributed by atoms with Gasteiger partial charge in [0.15, 0.2) is 0 Å². The van der Waals surface area contributed by atoms with Crippen molar-refractivity contribution >= 4 is 0 Å². The zero-order valence-electron chi connectivity index (χ0n) is 14.9. The minimum absolute atomic E-state index is 0.537. The number of hydrogen-bond acceptors (Lipinski definition) is 1. The minimum atomic E-state index is 0.537. The first-order valence-electron chi connectivity index (χ1n) is 9.17. The second kappa shape index (κ2) is 5.11. The van der Waals surface area contributed by atoms with Gasteiger partial charge in [0.05, 0.1) is 0 Å². The van der Waals surface area contributed by atoms with Gasteiger partial charge in [0.2, 0.25) is 0 Å². The van der Waals surface area contributed by atoms with Crippen molar-refractivity contribution in [3.8, 4) is 0 Å². The normalized spacial score (nSPS) is 45.7. The van der Waals surface area contributed by atoms with Gasteiger partial charge >= 0.3 is 0 Å². The van der Waals surface area contributed by atoms with Gasteiger partial charge in [0.25, 0.3) is 0 Å². The van der Waals surface area contributed by atoms with E-state index in [-0.39, 0.29) is 0 Å². The van der Waals surface area contributed by atoms with Crippen LogP contribution in [0.15, 0.2) is 11.6 Å². The standard InChI is InChI=1S/C20H35N/c1-6-7-21-17(8-15(2)3)20-11-16-9-18(4,13-20)12-19(5,10-16)14-20/h8,16-17,21H,6-7,9-14H2,1-5H3. The molecule has 0 heterocycles. The lowest BCUT2D eigenvalue weighted by atomic mass is 9.39. The van der Waals surface area contributed by atoms with Crippen molar-refractivity contribution in [3.63, 3.8) is 0 Å². The molecule has 3 atom stereocenters. The summed E-state index contributed by atoms with van der Waals surface area (Å²) >= 11 is 0. The monoisotopic (exact) mass is 289 g/mol. The van der Waals surface area contributed by atoms with Gasteiger partial charge in [-0.1, -0.05) is 32.4 Å². The molecule has 120 valence electrons. The van der Waals surface area contributed by atoms with Gasteiger partial charge in [-0.3, -0.25) is 0 Å². The highest BCUT2D eigenvalue weighted by Crippen LogP contribution is 2.70. The summed E-state index contributed by atoms with van der Waals surface area (Å²) in [6, 6.07) is 0.601. The highest BCUT2D eigenvalue weighted by atomic mass is 14.9. The maximum absolute atomic E-state index is 3.92. The van der Waals surface area contributed by atoms with Gasteiger partial charge in [0.1, 0.15) is 0 Å². The van der Waals surface area contributed by atoms with Gasteiger partial charge < -0.3 is 5.32 Å². The lowest BCUT2D eigenvalue weighted by Gasteiger charge is -2.67. The van der Waals surface area contributed by atoms with E-state index < -0.39 is 0 Å². The molecule has 4 bridgehead atoms. The molecule has 0 radical (unpaired) electrons. The van der Waals surface area contributed by atoms with Crippen LogP contribution in [0.3, 0.4) is 0 Å². The summed E-state index contributed by atoms with van der Waals surface area (Å²) in [7, 11) is 0. The quantitative estimate of drug-likeness (QED) is 0.676. The second-order valence-electron chi connectivity index (χ2n) is 9.67. The topological polar surface area (TPSA) is 12.0 Å². The average molecular weight is 290 g/mol. The predicted molar refractivity (Wildman–Crippen MR) is 91.4 cm³/mol. The summed E-state index contributed by atoms with van der Waals surface area (Å²) in [4.78, 5) is 0. The Labute approximate surface area is 132 Å². The Morgan fingerprint density at radius 3 is 2.19 bits per heavy atom. The van der Waals surface area contributed by atoms with E-state index in [4.69, 9.17) is 0 Å². The predicted octanol–water partition coefficient (Wildman–Crippen LogP) is 5.32. The van der Waals surface area contributed by atoms with Gasteiger partial charge in [0, 0.05) is 6.04 Å². The van der Waals surface area contributed by atoms with Crippen molar-refractivity contribution < 1.29 is 0 Å². The molecule has 4 fully saturated rings. The molecular weight excluding hydrogens is 254 g/mol. The summed E-state index contributed by atoms with van der Waals surface area (Å²) in [5, 5.41) is 3.92. The maximum atomic E-state index is 3.92. The molecule has 1 N–H and O–H groups in total. The zero-order chi connectivity index (χ0) is 15.3. The molecule has 4 aliphatic carbocycles. The van der Waals surface area contributed by atoms with Crippen LogP contribution in [0.25, 0.3) is 0 Å². The first-order valence-corrected chi connectivity index (χ1v) is 9.17. The van der Waals surface area contributed by atoms with Gasteiger partial charge in [-0.2, -0.15) is 0 Å². The SMILES string of the molecule is CCCNC(C=C(C)C)C12CC3CC(C)(CC(C)(C3)C1)C2. The van der Waals surface area contributed by atoms with Crippen LogP contribution >= 0.6 is 0 Å². The molecule has 0 aromatic carbocycles. The van der Waals surface area contributed by atoms with Crippen molar-refractivity contribution in [2.45, 2.75) is 85.6 Å². The van der Waals surface area contributed by atoms with Crippen LogP contribution in [0.5, 0.6) is 0 Å². The van der Waals surface area contributed by atoms with Crippen molar-refractivity contribution in [1.29, 1.82) is 0 Å². The number of allylic oxidation sites excluding steroid dienone is 1. The van der Waals surface area contributed by atoms with Crippen LogP contribution in [-0.2, 0) is 0 Å². The van der Waals surface area contributed by atoms with Gasteiger partial charge in [-0.15, -0.1) is 0 Å². The molecule has 0 spiro atoms. The van der Waals surface area contributed by atoms with E-state index in [0.29, 0.717) is 22.3 Å². The second-order valence-corrected chi connectivity index (χ2v) is 9.67. The molecule has 1 heteroatoms. The third kappa shape index (κ3) is 2.83. The van der Waals surface area contributed by atoms with Crippen LogP contribution in [0.4, 0.5) is 0 Å². The van der Waals surface area contributed by atoms with E-state index in [0.717, 1.165) is 12.5 Å². The molecule has 0 saturated heterocycles. The summed E-state index contributed by atoms with van der Waals surface area (Å²) in [6.45, 7) is 13.2. The third-order valence-electron chi connectivity index (χ3n) is 6.44. The zero-order valence-corrected chi connectivity index (χ0v) is 14.9. The fourth-order valence-electron chi connectivity index (χ4n) is 6.97. The largest absolute Gasteiger partial charge is 0.310 e. The average Bonchev–Trinajstić information content (AvgIpc) is 2.29. The molecule has 1 nitrogen and oxygen atoms in total. The van der Waals surface area contributed by atoms with Gasteiger partial charge in [-0.05, 0) is 87.5 Å². The molecule has 21 heavy (non-hydrogen) atoms. The van der Waals surface area contributed by atoms with E-state index in [1.54, 1.807) is 0 Å². The van der Waals surface area contributed by atoms with Crippen molar-refractivity contribution in [2.75, 3.05) is 6.54 Å². The summed E-state index contributed by atoms with van der Waals surface area (Å²) in [6.07, 6.45) is 12.7. The van der Waals surface area contributed by atoms with Crippen LogP contribution < -0.4 is 5.32 Å². The Hall–Kier alpha value is -0.300. The Morgan fingerprint density at radius 1 is 1.10 bits per heavy atom. The highest BCUT2D eigenvalue weighted by molar-refractivity contribution is 5.18. The molecule has 4 aliphatic rings. The molecule has 3 unspecified atom stereocenters. The smallest absolute Gasteiger partial charge is 0.0309 e. The summed E-state index contributed by atoms with van der Waals surface area (Å²) in [5.41, 5.74) is 3.26. The van der Waals surface area contributed by atoms with Gasteiger partial charge in [-0.25, -0.2) is 0 Å². The van der Waals surface area contributed by atoms with Crippen LogP contribution in [0.2, 0.25) is 0 Å². The Bertz CT molecular complexity index is 413. The Morgan fingerprint density at radius 2 is 1.71 bits per heavy atom. The highest BCUT2D eigenvalue weighted by Gasteiger charge is 2.61. The lowest BCUT2D eigenvalue weighted by Crippen LogP contribution is -2.61. The first-order chi connectivity index (χ1) is 9.78. The maximum Gasteiger partial charge on any atom is 0.0309 e. The molecule has 0 aromatic heterocycles. The Balaban J connectivity index is 1.92.